The fraction of sp³-hybridized carbons (Fsp3) is 0.778. The van der Waals surface area contributed by atoms with Crippen LogP contribution in [-0.4, -0.2) is 76.0 Å². The Morgan fingerprint density at radius 1 is 0.970 bits per heavy atom. The van der Waals surface area contributed by atoms with Gasteiger partial charge in [0.15, 0.2) is 0 Å². The van der Waals surface area contributed by atoms with Gasteiger partial charge >= 0.3 is 24.3 Å². The Morgan fingerprint density at radius 2 is 1.48 bits per heavy atom. The van der Waals surface area contributed by atoms with E-state index in [0.29, 0.717) is 12.0 Å². The van der Waals surface area contributed by atoms with Gasteiger partial charge in [-0.15, -0.1) is 0 Å². The number of likely N-dealkylation sites (tertiary alicyclic amines) is 1. The molecule has 0 unspecified atom stereocenters. The minimum absolute atomic E-state index is 0.0887. The number of nitrogens with two attached hydrogens (primary N) is 1. The van der Waals surface area contributed by atoms with Gasteiger partial charge in [-0.05, 0) is 44.4 Å². The highest BCUT2D eigenvalue weighted by molar-refractivity contribution is 5.83. The fourth-order valence-electron chi connectivity index (χ4n) is 3.92. The van der Waals surface area contributed by atoms with Gasteiger partial charge in [0.2, 0.25) is 5.91 Å². The van der Waals surface area contributed by atoms with Crippen molar-refractivity contribution in [3.63, 3.8) is 0 Å². The Bertz CT molecular complexity index is 730. The van der Waals surface area contributed by atoms with Crippen LogP contribution in [0.1, 0.15) is 38.5 Å². The molecule has 0 aromatic carbocycles. The topological polar surface area (TPSA) is 157 Å². The summed E-state index contributed by atoms with van der Waals surface area (Å²) in [7, 11) is 0. The predicted molar refractivity (Wildman–Crippen MR) is 98.4 cm³/mol. The van der Waals surface area contributed by atoms with E-state index < -0.39 is 24.3 Å². The van der Waals surface area contributed by atoms with Crippen molar-refractivity contribution in [3.8, 4) is 6.07 Å². The van der Waals surface area contributed by atoms with Crippen molar-refractivity contribution in [3.05, 3.63) is 0 Å². The average molecular weight is 490 g/mol. The maximum atomic E-state index is 12.5. The van der Waals surface area contributed by atoms with E-state index in [1.54, 1.807) is 4.90 Å². The van der Waals surface area contributed by atoms with Gasteiger partial charge in [0, 0.05) is 18.6 Å². The lowest BCUT2D eigenvalue weighted by Crippen LogP contribution is -2.48. The van der Waals surface area contributed by atoms with E-state index in [-0.39, 0.29) is 24.0 Å². The summed E-state index contributed by atoms with van der Waals surface area (Å²) < 4.78 is 63.5. The van der Waals surface area contributed by atoms with Crippen LogP contribution in [0.15, 0.2) is 0 Å². The van der Waals surface area contributed by atoms with E-state index in [0.717, 1.165) is 45.1 Å². The molecule has 3 rings (SSSR count). The summed E-state index contributed by atoms with van der Waals surface area (Å²) in [4.78, 5) is 32.1. The van der Waals surface area contributed by atoms with Crippen molar-refractivity contribution in [1.29, 1.82) is 5.26 Å². The normalized spacial score (nSPS) is 28.9. The fourth-order valence-corrected chi connectivity index (χ4v) is 3.92. The van der Waals surface area contributed by atoms with Crippen LogP contribution >= 0.6 is 0 Å². The Labute approximate surface area is 184 Å². The minimum Gasteiger partial charge on any atom is -0.475 e. The zero-order valence-electron chi connectivity index (χ0n) is 17.2. The van der Waals surface area contributed by atoms with Gasteiger partial charge < -0.3 is 26.2 Å². The number of alkyl halides is 6. The van der Waals surface area contributed by atoms with Gasteiger partial charge in [-0.2, -0.15) is 31.6 Å². The quantitative estimate of drug-likeness (QED) is 0.404. The Balaban J connectivity index is 0.000000324. The van der Waals surface area contributed by atoms with E-state index in [1.807, 2.05) is 0 Å². The van der Waals surface area contributed by atoms with Crippen molar-refractivity contribution in [2.24, 2.45) is 11.7 Å². The third kappa shape index (κ3) is 8.69. The minimum atomic E-state index is -5.08. The van der Waals surface area contributed by atoms with Gasteiger partial charge in [-0.3, -0.25) is 4.79 Å². The zero-order valence-corrected chi connectivity index (χ0v) is 17.2. The highest BCUT2D eigenvalue weighted by Crippen LogP contribution is 2.34. The van der Waals surface area contributed by atoms with E-state index in [2.05, 4.69) is 11.4 Å². The van der Waals surface area contributed by atoms with Crippen LogP contribution in [-0.2, 0) is 14.4 Å². The molecule has 2 aliphatic heterocycles. The Morgan fingerprint density at radius 3 is 1.94 bits per heavy atom. The number of hydrogen-bond donors (Lipinski definition) is 4. The maximum absolute atomic E-state index is 12.5. The summed E-state index contributed by atoms with van der Waals surface area (Å²) in [6.07, 6.45) is -4.28. The van der Waals surface area contributed by atoms with Crippen molar-refractivity contribution >= 4 is 17.8 Å². The van der Waals surface area contributed by atoms with E-state index in [9.17, 15) is 31.1 Å². The summed E-state index contributed by atoms with van der Waals surface area (Å²) in [5, 5.41) is 26.8. The Hall–Kier alpha value is -2.60. The van der Waals surface area contributed by atoms with Crippen molar-refractivity contribution in [2.45, 2.75) is 75.0 Å². The molecule has 3 fully saturated rings. The Kier molecular flexibility index (Phi) is 9.91. The highest BCUT2D eigenvalue weighted by atomic mass is 19.4. The van der Waals surface area contributed by atoms with Gasteiger partial charge in [-0.25, -0.2) is 9.59 Å². The number of carbonyl (C=O) groups is 3. The molecule has 188 valence electrons. The highest BCUT2D eigenvalue weighted by Gasteiger charge is 2.43. The summed E-state index contributed by atoms with van der Waals surface area (Å²) in [6.45, 7) is 0.740. The number of hydrogen-bond acceptors (Lipinski definition) is 6. The summed E-state index contributed by atoms with van der Waals surface area (Å²) >= 11 is 0. The molecule has 0 spiro atoms. The van der Waals surface area contributed by atoms with E-state index in [1.165, 1.54) is 0 Å². The summed E-state index contributed by atoms with van der Waals surface area (Å²) in [6, 6.07) is 2.63. The second-order valence-electron chi connectivity index (χ2n) is 7.82. The van der Waals surface area contributed by atoms with Crippen LogP contribution in [0.5, 0.6) is 0 Å². The number of halogens is 6. The standard InChI is InChI=1S/C14H22N4O.2C2HF3O2/c15-8-11-2-1-5-18(11)14(19)13-6-9-3-4-10(16)7-12(9)17-13;2*3-2(4,5)1(6)7/h9-13,17H,1-7,16H2;2*(H,6,7)/t9-,10+,11-,12-,13-;;/m0../s1. The SMILES string of the molecule is N#C[C@@H]1CCCN1C(=O)[C@@H]1C[C@@H]2CC[C@@H](N)C[C@@H]2N1.O=C(O)C(F)(F)F.O=C(O)C(F)(F)F. The third-order valence-electron chi connectivity index (χ3n) is 5.46. The first-order chi connectivity index (χ1) is 15.1. The molecule has 0 aromatic heterocycles. The molecule has 1 amide bonds. The molecule has 0 radical (unpaired) electrons. The number of carboxylic acid groups (broad SMARTS) is 2. The molecule has 1 saturated carbocycles. The van der Waals surface area contributed by atoms with Gasteiger partial charge in [-0.1, -0.05) is 0 Å². The van der Waals surface area contributed by atoms with Gasteiger partial charge in [0.25, 0.3) is 0 Å². The van der Waals surface area contributed by atoms with Gasteiger partial charge in [0.05, 0.1) is 12.1 Å². The van der Waals surface area contributed by atoms with Crippen LogP contribution in [0.3, 0.4) is 0 Å². The van der Waals surface area contributed by atoms with Crippen LogP contribution < -0.4 is 11.1 Å². The number of carboxylic acids is 2. The second kappa shape index (κ2) is 11.5. The molecule has 0 bridgehead atoms. The third-order valence-corrected chi connectivity index (χ3v) is 5.46. The molecule has 3 aliphatic rings. The largest absolute Gasteiger partial charge is 0.490 e. The molecule has 0 aromatic rings. The number of nitrogens with one attached hydrogen (secondary N) is 1. The molecule has 9 nitrogen and oxygen atoms in total. The number of nitrogens with zero attached hydrogens (tertiary/aromatic N) is 2. The molecular weight excluding hydrogens is 466 g/mol. The van der Waals surface area contributed by atoms with Crippen LogP contribution in [0.4, 0.5) is 26.3 Å². The first-order valence-electron chi connectivity index (χ1n) is 9.89. The second-order valence-corrected chi connectivity index (χ2v) is 7.82. The molecule has 5 atom stereocenters. The number of carbonyl (C=O) groups excluding carboxylic acids is 1. The molecule has 1 aliphatic carbocycles. The lowest BCUT2D eigenvalue weighted by atomic mass is 9.82. The van der Waals surface area contributed by atoms with Crippen LogP contribution in [0.25, 0.3) is 0 Å². The number of fused-ring (bicyclic) bond motifs is 1. The van der Waals surface area contributed by atoms with Crippen LogP contribution in [0.2, 0.25) is 0 Å². The smallest absolute Gasteiger partial charge is 0.475 e. The average Bonchev–Trinajstić information content (AvgIpc) is 3.33. The van der Waals surface area contributed by atoms with Crippen molar-refractivity contribution in [2.75, 3.05) is 6.54 Å². The summed E-state index contributed by atoms with van der Waals surface area (Å²) in [5.74, 6) is -4.79. The molecule has 5 N–H and O–H groups in total. The van der Waals surface area contributed by atoms with E-state index >= 15 is 0 Å². The summed E-state index contributed by atoms with van der Waals surface area (Å²) in [5.41, 5.74) is 6.00. The number of aliphatic carboxylic acids is 2. The number of nitriles is 1. The number of rotatable bonds is 1. The molecular formula is C18H24F6N4O5. The van der Waals surface area contributed by atoms with E-state index in [4.69, 9.17) is 30.8 Å². The van der Waals surface area contributed by atoms with Crippen molar-refractivity contribution in [1.82, 2.24) is 10.2 Å². The van der Waals surface area contributed by atoms with Crippen LogP contribution in [0, 0.1) is 17.2 Å². The first kappa shape index (κ1) is 28.4. The monoisotopic (exact) mass is 490 g/mol. The first-order valence-corrected chi connectivity index (χ1v) is 9.89. The van der Waals surface area contributed by atoms with Crippen molar-refractivity contribution < 1.29 is 50.9 Å². The van der Waals surface area contributed by atoms with Gasteiger partial charge in [0.1, 0.15) is 6.04 Å². The zero-order chi connectivity index (χ0) is 25.6. The maximum Gasteiger partial charge on any atom is 0.490 e. The number of amides is 1. The molecule has 33 heavy (non-hydrogen) atoms. The predicted octanol–water partition coefficient (Wildman–Crippen LogP) is 1.63. The lowest BCUT2D eigenvalue weighted by molar-refractivity contribution is -0.193. The lowest BCUT2D eigenvalue weighted by Gasteiger charge is -2.29. The molecule has 2 saturated heterocycles. The molecule has 2 heterocycles. The molecule has 15 heteroatoms.